The van der Waals surface area contributed by atoms with Gasteiger partial charge in [0, 0.05) is 24.3 Å². The number of nitrogens with zero attached hydrogens (tertiary/aromatic N) is 1. The first-order chi connectivity index (χ1) is 8.27. The second-order valence-electron chi connectivity index (χ2n) is 4.97. The molecule has 0 saturated carbocycles. The molecule has 2 nitrogen and oxygen atoms in total. The first-order valence-corrected chi connectivity index (χ1v) is 6.89. The summed E-state index contributed by atoms with van der Waals surface area (Å²) in [5.74, 6) is 0. The van der Waals surface area contributed by atoms with E-state index in [-0.39, 0.29) is 6.04 Å². The number of benzene rings is 1. The lowest BCUT2D eigenvalue weighted by molar-refractivity contribution is 0.635. The number of para-hydroxylation sites is 1. The SMILES string of the molecule is CCC(N)c1ccccc1N1CCCC1CC. The van der Waals surface area contributed by atoms with Crippen molar-refractivity contribution >= 4 is 5.69 Å². The Labute approximate surface area is 105 Å². The van der Waals surface area contributed by atoms with Gasteiger partial charge in [0.15, 0.2) is 0 Å². The smallest absolute Gasteiger partial charge is 0.0417 e. The van der Waals surface area contributed by atoms with Gasteiger partial charge < -0.3 is 10.6 Å². The zero-order valence-electron chi connectivity index (χ0n) is 11.0. The van der Waals surface area contributed by atoms with Gasteiger partial charge in [-0.1, -0.05) is 32.0 Å². The van der Waals surface area contributed by atoms with E-state index in [1.165, 1.54) is 37.1 Å². The summed E-state index contributed by atoms with van der Waals surface area (Å²) in [5, 5.41) is 0. The lowest BCUT2D eigenvalue weighted by Gasteiger charge is -2.29. The molecule has 2 heteroatoms. The summed E-state index contributed by atoms with van der Waals surface area (Å²) in [6.45, 7) is 5.63. The standard InChI is InChI=1S/C15H24N2/c1-3-12-8-7-11-17(12)15-10-6-5-9-13(15)14(16)4-2/h5-6,9-10,12,14H,3-4,7-8,11,16H2,1-2H3. The van der Waals surface area contributed by atoms with E-state index in [0.29, 0.717) is 6.04 Å². The first kappa shape index (κ1) is 12.4. The molecule has 1 aliphatic heterocycles. The normalized spacial score (nSPS) is 21.8. The predicted molar refractivity (Wildman–Crippen MR) is 74.3 cm³/mol. The highest BCUT2D eigenvalue weighted by Crippen LogP contribution is 2.33. The van der Waals surface area contributed by atoms with Crippen molar-refractivity contribution in [3.05, 3.63) is 29.8 Å². The van der Waals surface area contributed by atoms with Crippen LogP contribution in [0.2, 0.25) is 0 Å². The Morgan fingerprint density at radius 3 is 2.82 bits per heavy atom. The van der Waals surface area contributed by atoms with E-state index in [2.05, 4.69) is 43.0 Å². The highest BCUT2D eigenvalue weighted by Gasteiger charge is 2.25. The van der Waals surface area contributed by atoms with Crippen LogP contribution in [0.1, 0.15) is 51.1 Å². The van der Waals surface area contributed by atoms with Crippen LogP contribution in [0, 0.1) is 0 Å². The zero-order valence-corrected chi connectivity index (χ0v) is 11.0. The molecule has 1 aromatic rings. The third-order valence-corrected chi connectivity index (χ3v) is 3.93. The van der Waals surface area contributed by atoms with Gasteiger partial charge >= 0.3 is 0 Å². The van der Waals surface area contributed by atoms with E-state index >= 15 is 0 Å². The number of rotatable bonds is 4. The summed E-state index contributed by atoms with van der Waals surface area (Å²) in [7, 11) is 0. The van der Waals surface area contributed by atoms with E-state index in [0.717, 1.165) is 6.42 Å². The maximum absolute atomic E-state index is 6.22. The highest BCUT2D eigenvalue weighted by molar-refractivity contribution is 5.56. The molecule has 1 aromatic carbocycles. The Morgan fingerprint density at radius 1 is 1.35 bits per heavy atom. The van der Waals surface area contributed by atoms with Crippen molar-refractivity contribution in [3.63, 3.8) is 0 Å². The van der Waals surface area contributed by atoms with Crippen LogP contribution >= 0.6 is 0 Å². The molecule has 0 aliphatic carbocycles. The monoisotopic (exact) mass is 232 g/mol. The summed E-state index contributed by atoms with van der Waals surface area (Å²) in [5.41, 5.74) is 8.90. The van der Waals surface area contributed by atoms with E-state index in [4.69, 9.17) is 5.73 Å². The Bertz CT molecular complexity index is 362. The van der Waals surface area contributed by atoms with Crippen LogP contribution in [0.5, 0.6) is 0 Å². The molecule has 2 unspecified atom stereocenters. The molecule has 0 spiro atoms. The molecule has 2 rings (SSSR count). The maximum Gasteiger partial charge on any atom is 0.0417 e. The summed E-state index contributed by atoms with van der Waals surface area (Å²) >= 11 is 0. The van der Waals surface area contributed by atoms with Crippen molar-refractivity contribution in [2.75, 3.05) is 11.4 Å². The van der Waals surface area contributed by atoms with Gasteiger partial charge in [-0.3, -0.25) is 0 Å². The molecule has 0 radical (unpaired) electrons. The summed E-state index contributed by atoms with van der Waals surface area (Å²) in [6.07, 6.45) is 4.87. The van der Waals surface area contributed by atoms with Crippen LogP contribution in [-0.2, 0) is 0 Å². The highest BCUT2D eigenvalue weighted by atomic mass is 15.2. The summed E-state index contributed by atoms with van der Waals surface area (Å²) < 4.78 is 0. The lowest BCUT2D eigenvalue weighted by Crippen LogP contribution is -2.30. The van der Waals surface area contributed by atoms with Gasteiger partial charge in [-0.05, 0) is 37.3 Å². The molecule has 1 fully saturated rings. The molecule has 17 heavy (non-hydrogen) atoms. The van der Waals surface area contributed by atoms with Gasteiger partial charge in [-0.25, -0.2) is 0 Å². The number of hydrogen-bond donors (Lipinski definition) is 1. The average Bonchev–Trinajstić information content (AvgIpc) is 2.86. The minimum Gasteiger partial charge on any atom is -0.368 e. The Balaban J connectivity index is 2.31. The Hall–Kier alpha value is -1.02. The molecule has 0 aromatic heterocycles. The number of anilines is 1. The minimum atomic E-state index is 0.171. The van der Waals surface area contributed by atoms with Crippen LogP contribution in [0.3, 0.4) is 0 Å². The average molecular weight is 232 g/mol. The van der Waals surface area contributed by atoms with E-state index in [9.17, 15) is 0 Å². The van der Waals surface area contributed by atoms with Crippen molar-refractivity contribution in [2.24, 2.45) is 5.73 Å². The first-order valence-electron chi connectivity index (χ1n) is 6.89. The molecule has 1 aliphatic rings. The topological polar surface area (TPSA) is 29.3 Å². The zero-order chi connectivity index (χ0) is 12.3. The van der Waals surface area contributed by atoms with Crippen molar-refractivity contribution < 1.29 is 0 Å². The van der Waals surface area contributed by atoms with Crippen molar-refractivity contribution in [1.82, 2.24) is 0 Å². The molecule has 2 N–H and O–H groups in total. The number of nitrogens with two attached hydrogens (primary N) is 1. The van der Waals surface area contributed by atoms with Crippen LogP contribution in [0.25, 0.3) is 0 Å². The predicted octanol–water partition coefficient (Wildman–Crippen LogP) is 3.48. The number of hydrogen-bond acceptors (Lipinski definition) is 2. The van der Waals surface area contributed by atoms with Gasteiger partial charge in [0.05, 0.1) is 0 Å². The van der Waals surface area contributed by atoms with Gasteiger partial charge in [0.1, 0.15) is 0 Å². The van der Waals surface area contributed by atoms with Crippen LogP contribution in [0.15, 0.2) is 24.3 Å². The Morgan fingerprint density at radius 2 is 2.12 bits per heavy atom. The van der Waals surface area contributed by atoms with Crippen molar-refractivity contribution in [2.45, 2.75) is 51.6 Å². The van der Waals surface area contributed by atoms with E-state index in [1.807, 2.05) is 0 Å². The van der Waals surface area contributed by atoms with Crippen LogP contribution < -0.4 is 10.6 Å². The minimum absolute atomic E-state index is 0.171. The van der Waals surface area contributed by atoms with Crippen molar-refractivity contribution in [3.8, 4) is 0 Å². The van der Waals surface area contributed by atoms with Crippen LogP contribution in [-0.4, -0.2) is 12.6 Å². The molecular formula is C15H24N2. The largest absolute Gasteiger partial charge is 0.368 e. The van der Waals surface area contributed by atoms with Crippen LogP contribution in [0.4, 0.5) is 5.69 Å². The third kappa shape index (κ3) is 2.47. The molecule has 0 bridgehead atoms. The molecule has 1 heterocycles. The molecule has 0 amide bonds. The lowest BCUT2D eigenvalue weighted by atomic mass is 10.0. The fourth-order valence-corrected chi connectivity index (χ4v) is 2.86. The van der Waals surface area contributed by atoms with Gasteiger partial charge in [-0.15, -0.1) is 0 Å². The van der Waals surface area contributed by atoms with Crippen molar-refractivity contribution in [1.29, 1.82) is 0 Å². The van der Waals surface area contributed by atoms with Gasteiger partial charge in [0.25, 0.3) is 0 Å². The second kappa shape index (κ2) is 5.54. The van der Waals surface area contributed by atoms with E-state index in [1.54, 1.807) is 0 Å². The fraction of sp³-hybridized carbons (Fsp3) is 0.600. The van der Waals surface area contributed by atoms with Gasteiger partial charge in [-0.2, -0.15) is 0 Å². The van der Waals surface area contributed by atoms with E-state index < -0.39 is 0 Å². The second-order valence-corrected chi connectivity index (χ2v) is 4.97. The fourth-order valence-electron chi connectivity index (χ4n) is 2.86. The van der Waals surface area contributed by atoms with Gasteiger partial charge in [0.2, 0.25) is 0 Å². The summed E-state index contributed by atoms with van der Waals surface area (Å²) in [4.78, 5) is 2.56. The third-order valence-electron chi connectivity index (χ3n) is 3.93. The summed E-state index contributed by atoms with van der Waals surface area (Å²) in [6, 6.07) is 9.54. The molecule has 94 valence electrons. The maximum atomic E-state index is 6.22. The Kier molecular flexibility index (Phi) is 4.06. The molecule has 2 atom stereocenters. The molecule has 1 saturated heterocycles. The quantitative estimate of drug-likeness (QED) is 0.861. The molecular weight excluding hydrogens is 208 g/mol.